The lowest BCUT2D eigenvalue weighted by Crippen LogP contribution is -2.54. The quantitative estimate of drug-likeness (QED) is 0.549. The molecule has 2 atom stereocenters. The number of ketones is 1. The lowest BCUT2D eigenvalue weighted by Gasteiger charge is -2.32. The molecule has 1 aliphatic rings. The fourth-order valence-electron chi connectivity index (χ4n) is 4.55. The SMILES string of the molecule is CCCN(C(=O)[C@H](CC(C)C)NC(=O)c1ccc(CC)cc1)[C@H]1CN(C(=O)c2ccccc2)CC1=O. The summed E-state index contributed by atoms with van der Waals surface area (Å²) in [6.45, 7) is 8.47. The van der Waals surface area contributed by atoms with Gasteiger partial charge in [-0.25, -0.2) is 0 Å². The molecule has 192 valence electrons. The maximum Gasteiger partial charge on any atom is 0.254 e. The van der Waals surface area contributed by atoms with E-state index in [1.54, 1.807) is 41.3 Å². The molecule has 36 heavy (non-hydrogen) atoms. The Morgan fingerprint density at radius 2 is 1.67 bits per heavy atom. The molecule has 7 heteroatoms. The van der Waals surface area contributed by atoms with Crippen LogP contribution in [0.3, 0.4) is 0 Å². The number of carbonyl (C=O) groups is 4. The third-order valence-electron chi connectivity index (χ3n) is 6.48. The van der Waals surface area contributed by atoms with Crippen LogP contribution in [-0.4, -0.2) is 65.0 Å². The highest BCUT2D eigenvalue weighted by Gasteiger charge is 2.41. The third kappa shape index (κ3) is 6.59. The fraction of sp³-hybridized carbons (Fsp3) is 0.448. The van der Waals surface area contributed by atoms with Gasteiger partial charge >= 0.3 is 0 Å². The maximum atomic E-state index is 13.8. The molecule has 0 bridgehead atoms. The highest BCUT2D eigenvalue weighted by atomic mass is 16.2. The van der Waals surface area contributed by atoms with Crippen LogP contribution in [0.15, 0.2) is 54.6 Å². The zero-order valence-corrected chi connectivity index (χ0v) is 21.7. The van der Waals surface area contributed by atoms with Gasteiger partial charge < -0.3 is 15.1 Å². The van der Waals surface area contributed by atoms with E-state index < -0.39 is 12.1 Å². The van der Waals surface area contributed by atoms with E-state index in [1.807, 2.05) is 45.9 Å². The largest absolute Gasteiger partial charge is 0.340 e. The predicted octanol–water partition coefficient (Wildman–Crippen LogP) is 3.73. The number of aryl methyl sites for hydroxylation is 1. The summed E-state index contributed by atoms with van der Waals surface area (Å²) in [5.74, 6) is -0.826. The van der Waals surface area contributed by atoms with Crippen molar-refractivity contribution >= 4 is 23.5 Å². The molecular formula is C29H37N3O4. The van der Waals surface area contributed by atoms with Gasteiger partial charge in [0.2, 0.25) is 5.91 Å². The predicted molar refractivity (Wildman–Crippen MR) is 140 cm³/mol. The molecule has 0 aliphatic carbocycles. The topological polar surface area (TPSA) is 86.8 Å². The van der Waals surface area contributed by atoms with Crippen molar-refractivity contribution in [2.24, 2.45) is 5.92 Å². The standard InChI is InChI=1S/C29H37N3O4/c1-5-16-32(25-18-31(19-26(25)33)28(35)23-10-8-7-9-11-23)29(36)24(17-20(3)4)30-27(34)22-14-12-21(6-2)13-15-22/h7-15,20,24-25H,5-6,16-19H2,1-4H3,(H,30,34)/t24-,25-/m0/s1. The molecule has 0 saturated carbocycles. The summed E-state index contributed by atoms with van der Waals surface area (Å²) < 4.78 is 0. The van der Waals surface area contributed by atoms with Crippen molar-refractivity contribution in [3.63, 3.8) is 0 Å². The minimum atomic E-state index is -0.762. The van der Waals surface area contributed by atoms with E-state index in [0.29, 0.717) is 30.5 Å². The van der Waals surface area contributed by atoms with Gasteiger partial charge in [-0.1, -0.05) is 58.0 Å². The molecule has 3 amide bonds. The lowest BCUT2D eigenvalue weighted by atomic mass is 10.0. The van der Waals surface area contributed by atoms with Crippen LogP contribution in [0.2, 0.25) is 0 Å². The summed E-state index contributed by atoms with van der Waals surface area (Å²) >= 11 is 0. The molecule has 1 heterocycles. The lowest BCUT2D eigenvalue weighted by molar-refractivity contribution is -0.139. The number of rotatable bonds is 10. The summed E-state index contributed by atoms with van der Waals surface area (Å²) in [5, 5.41) is 2.92. The minimum absolute atomic E-state index is 0.0309. The van der Waals surface area contributed by atoms with E-state index >= 15 is 0 Å². The first-order valence-corrected chi connectivity index (χ1v) is 12.8. The highest BCUT2D eigenvalue weighted by Crippen LogP contribution is 2.19. The molecule has 2 aromatic carbocycles. The number of Topliss-reactive ketones (excluding diaryl/α,β-unsaturated/α-hetero) is 1. The zero-order valence-electron chi connectivity index (χ0n) is 21.7. The number of nitrogens with one attached hydrogen (secondary N) is 1. The van der Waals surface area contributed by atoms with Crippen LogP contribution in [0.25, 0.3) is 0 Å². The van der Waals surface area contributed by atoms with E-state index in [9.17, 15) is 19.2 Å². The van der Waals surface area contributed by atoms with Crippen LogP contribution >= 0.6 is 0 Å². The van der Waals surface area contributed by atoms with Gasteiger partial charge in [0, 0.05) is 24.2 Å². The number of nitrogens with zero attached hydrogens (tertiary/aromatic N) is 2. The second-order valence-corrected chi connectivity index (χ2v) is 9.77. The normalized spacial score (nSPS) is 16.2. The van der Waals surface area contributed by atoms with E-state index in [2.05, 4.69) is 5.32 Å². The van der Waals surface area contributed by atoms with Crippen LogP contribution in [0, 0.1) is 5.92 Å². The summed E-state index contributed by atoms with van der Waals surface area (Å²) in [6, 6.07) is 14.7. The zero-order chi connectivity index (χ0) is 26.2. The molecule has 3 rings (SSSR count). The Morgan fingerprint density at radius 1 is 1.00 bits per heavy atom. The van der Waals surface area contributed by atoms with Crippen LogP contribution < -0.4 is 5.32 Å². The van der Waals surface area contributed by atoms with Gasteiger partial charge in [-0.3, -0.25) is 19.2 Å². The Morgan fingerprint density at radius 3 is 2.25 bits per heavy atom. The van der Waals surface area contributed by atoms with Gasteiger partial charge in [0.05, 0.1) is 6.54 Å². The Hall–Kier alpha value is -3.48. The molecular weight excluding hydrogens is 454 g/mol. The average molecular weight is 492 g/mol. The second-order valence-electron chi connectivity index (χ2n) is 9.77. The fourth-order valence-corrected chi connectivity index (χ4v) is 4.55. The molecule has 2 aromatic rings. The van der Waals surface area contributed by atoms with Crippen LogP contribution in [-0.2, 0) is 16.0 Å². The number of amides is 3. The molecule has 1 fully saturated rings. The van der Waals surface area contributed by atoms with Crippen LogP contribution in [0.1, 0.15) is 66.8 Å². The summed E-state index contributed by atoms with van der Waals surface area (Å²) in [5.41, 5.74) is 2.13. The molecule has 1 aliphatic heterocycles. The smallest absolute Gasteiger partial charge is 0.254 e. The van der Waals surface area contributed by atoms with Gasteiger partial charge in [-0.2, -0.15) is 0 Å². The molecule has 1 saturated heterocycles. The van der Waals surface area contributed by atoms with E-state index in [0.717, 1.165) is 12.0 Å². The summed E-state index contributed by atoms with van der Waals surface area (Å²) in [6.07, 6.45) is 1.98. The second kappa shape index (κ2) is 12.5. The van der Waals surface area contributed by atoms with Gasteiger partial charge in [0.1, 0.15) is 12.1 Å². The third-order valence-corrected chi connectivity index (χ3v) is 6.48. The molecule has 0 unspecified atom stereocenters. The van der Waals surface area contributed by atoms with Gasteiger partial charge in [0.25, 0.3) is 11.8 Å². The monoisotopic (exact) mass is 491 g/mol. The summed E-state index contributed by atoms with van der Waals surface area (Å²) in [4.78, 5) is 55.8. The number of carbonyl (C=O) groups excluding carboxylic acids is 4. The number of benzene rings is 2. The van der Waals surface area contributed by atoms with Crippen molar-refractivity contribution in [1.29, 1.82) is 0 Å². The first-order chi connectivity index (χ1) is 17.2. The summed E-state index contributed by atoms with van der Waals surface area (Å²) in [7, 11) is 0. The Kier molecular flexibility index (Phi) is 9.39. The molecule has 7 nitrogen and oxygen atoms in total. The molecule has 0 radical (unpaired) electrons. The number of likely N-dealkylation sites (tertiary alicyclic amines) is 1. The van der Waals surface area contributed by atoms with Crippen molar-refractivity contribution < 1.29 is 19.2 Å². The van der Waals surface area contributed by atoms with E-state index in [4.69, 9.17) is 0 Å². The van der Waals surface area contributed by atoms with Gasteiger partial charge in [-0.05, 0) is 55.0 Å². The van der Waals surface area contributed by atoms with Gasteiger partial charge in [-0.15, -0.1) is 0 Å². The Balaban J connectivity index is 1.78. The highest BCUT2D eigenvalue weighted by molar-refractivity contribution is 6.02. The minimum Gasteiger partial charge on any atom is -0.340 e. The van der Waals surface area contributed by atoms with Crippen molar-refractivity contribution in [1.82, 2.24) is 15.1 Å². The van der Waals surface area contributed by atoms with Crippen molar-refractivity contribution in [3.05, 3.63) is 71.3 Å². The van der Waals surface area contributed by atoms with E-state index in [1.165, 1.54) is 4.90 Å². The van der Waals surface area contributed by atoms with Crippen LogP contribution in [0.4, 0.5) is 0 Å². The van der Waals surface area contributed by atoms with Crippen molar-refractivity contribution in [3.8, 4) is 0 Å². The number of hydrogen-bond donors (Lipinski definition) is 1. The molecule has 0 spiro atoms. The van der Waals surface area contributed by atoms with Crippen LogP contribution in [0.5, 0.6) is 0 Å². The van der Waals surface area contributed by atoms with E-state index in [-0.39, 0.29) is 42.5 Å². The first-order valence-electron chi connectivity index (χ1n) is 12.8. The maximum absolute atomic E-state index is 13.8. The average Bonchev–Trinajstić information content (AvgIpc) is 3.27. The Labute approximate surface area is 213 Å². The Bertz CT molecular complexity index is 1070. The molecule has 0 aromatic heterocycles. The molecule has 1 N–H and O–H groups in total. The van der Waals surface area contributed by atoms with Crippen molar-refractivity contribution in [2.45, 2.75) is 59.0 Å². The first kappa shape index (κ1) is 27.1. The van der Waals surface area contributed by atoms with Gasteiger partial charge in [0.15, 0.2) is 5.78 Å². The van der Waals surface area contributed by atoms with Crippen molar-refractivity contribution in [2.75, 3.05) is 19.6 Å². The number of hydrogen-bond acceptors (Lipinski definition) is 4.